The van der Waals surface area contributed by atoms with Gasteiger partial charge < -0.3 is 0 Å². The Kier molecular flexibility index (Phi) is 4.15. The molecule has 0 aliphatic heterocycles. The highest BCUT2D eigenvalue weighted by atomic mass is 35.5. The Labute approximate surface area is 117 Å². The fourth-order valence-corrected chi connectivity index (χ4v) is 2.48. The Hall–Kier alpha value is -1.48. The standard InChI is InChI=1S/C15H16ClFN2/c1-4-12(13-7-11(17)5-6-14(13)16)15-10(3)18-8-9(2)19-15/h5-8,12H,4H2,1-3H3/t12-/m1/s1. The maximum atomic E-state index is 13.4. The second kappa shape index (κ2) is 5.66. The Morgan fingerprint density at radius 1 is 1.32 bits per heavy atom. The van der Waals surface area contributed by atoms with Gasteiger partial charge in [0.15, 0.2) is 0 Å². The number of aryl methyl sites for hydroxylation is 2. The summed E-state index contributed by atoms with van der Waals surface area (Å²) < 4.78 is 13.4. The molecule has 0 bridgehead atoms. The minimum absolute atomic E-state index is 0.0319. The van der Waals surface area contributed by atoms with Crippen LogP contribution >= 0.6 is 11.6 Å². The Morgan fingerprint density at radius 3 is 2.74 bits per heavy atom. The molecule has 19 heavy (non-hydrogen) atoms. The van der Waals surface area contributed by atoms with Crippen molar-refractivity contribution in [2.24, 2.45) is 0 Å². The molecule has 0 radical (unpaired) electrons. The van der Waals surface area contributed by atoms with Crippen LogP contribution in [0.5, 0.6) is 0 Å². The first-order chi connectivity index (χ1) is 9.02. The van der Waals surface area contributed by atoms with E-state index in [1.807, 2.05) is 20.8 Å². The lowest BCUT2D eigenvalue weighted by atomic mass is 9.91. The van der Waals surface area contributed by atoms with E-state index in [9.17, 15) is 4.39 Å². The SMILES string of the molecule is CC[C@H](c1cc(F)ccc1Cl)c1nc(C)cnc1C. The van der Waals surface area contributed by atoms with Gasteiger partial charge in [-0.05, 0) is 44.0 Å². The number of halogens is 2. The van der Waals surface area contributed by atoms with Gasteiger partial charge in [0, 0.05) is 17.1 Å². The van der Waals surface area contributed by atoms with Crippen LogP contribution in [-0.2, 0) is 0 Å². The van der Waals surface area contributed by atoms with E-state index >= 15 is 0 Å². The zero-order chi connectivity index (χ0) is 14.0. The average molecular weight is 279 g/mol. The van der Waals surface area contributed by atoms with Crippen LogP contribution in [0.4, 0.5) is 4.39 Å². The molecule has 2 rings (SSSR count). The summed E-state index contributed by atoms with van der Waals surface area (Å²) in [6.45, 7) is 5.85. The van der Waals surface area contributed by atoms with E-state index in [2.05, 4.69) is 9.97 Å². The van der Waals surface area contributed by atoms with E-state index in [0.717, 1.165) is 29.1 Å². The molecule has 1 aromatic carbocycles. The summed E-state index contributed by atoms with van der Waals surface area (Å²) in [5.74, 6) is -0.313. The summed E-state index contributed by atoms with van der Waals surface area (Å²) in [4.78, 5) is 8.87. The molecule has 2 aromatic rings. The molecule has 0 N–H and O–H groups in total. The minimum atomic E-state index is -0.281. The summed E-state index contributed by atoms with van der Waals surface area (Å²) in [6, 6.07) is 4.45. The van der Waals surface area contributed by atoms with Gasteiger partial charge in [0.05, 0.1) is 17.1 Å². The highest BCUT2D eigenvalue weighted by Gasteiger charge is 2.20. The van der Waals surface area contributed by atoms with Gasteiger partial charge in [0.1, 0.15) is 5.82 Å². The van der Waals surface area contributed by atoms with Gasteiger partial charge in [0.2, 0.25) is 0 Å². The lowest BCUT2D eigenvalue weighted by molar-refractivity contribution is 0.620. The molecule has 2 nitrogen and oxygen atoms in total. The Balaban J connectivity index is 2.55. The molecule has 0 aliphatic carbocycles. The second-order valence-corrected chi connectivity index (χ2v) is 5.02. The highest BCUT2D eigenvalue weighted by molar-refractivity contribution is 6.31. The normalized spacial score (nSPS) is 12.5. The zero-order valence-electron chi connectivity index (χ0n) is 11.2. The summed E-state index contributed by atoms with van der Waals surface area (Å²) in [5, 5.41) is 0.566. The molecular weight excluding hydrogens is 263 g/mol. The largest absolute Gasteiger partial charge is 0.258 e. The molecular formula is C15H16ClFN2. The first-order valence-corrected chi connectivity index (χ1v) is 6.65. The van der Waals surface area contributed by atoms with Crippen LogP contribution in [0.1, 0.15) is 41.9 Å². The predicted molar refractivity (Wildman–Crippen MR) is 75.1 cm³/mol. The van der Waals surface area contributed by atoms with Crippen molar-refractivity contribution in [3.63, 3.8) is 0 Å². The van der Waals surface area contributed by atoms with Gasteiger partial charge in [-0.15, -0.1) is 0 Å². The predicted octanol–water partition coefficient (Wildman–Crippen LogP) is 4.43. The number of rotatable bonds is 3. The molecule has 0 saturated heterocycles. The number of hydrogen-bond acceptors (Lipinski definition) is 2. The molecule has 0 fully saturated rings. The maximum Gasteiger partial charge on any atom is 0.123 e. The topological polar surface area (TPSA) is 25.8 Å². The minimum Gasteiger partial charge on any atom is -0.258 e. The van der Waals surface area contributed by atoms with Crippen molar-refractivity contribution >= 4 is 11.6 Å². The third-order valence-electron chi connectivity index (χ3n) is 3.18. The number of nitrogens with zero attached hydrogens (tertiary/aromatic N) is 2. The van der Waals surface area contributed by atoms with Crippen molar-refractivity contribution in [1.82, 2.24) is 9.97 Å². The van der Waals surface area contributed by atoms with Gasteiger partial charge in [-0.3, -0.25) is 9.97 Å². The smallest absolute Gasteiger partial charge is 0.123 e. The summed E-state index contributed by atoms with van der Waals surface area (Å²) in [6.07, 6.45) is 2.53. The Morgan fingerprint density at radius 2 is 2.05 bits per heavy atom. The van der Waals surface area contributed by atoms with Crippen molar-refractivity contribution in [3.05, 3.63) is 57.9 Å². The maximum absolute atomic E-state index is 13.4. The molecule has 1 heterocycles. The third kappa shape index (κ3) is 2.92. The first-order valence-electron chi connectivity index (χ1n) is 6.28. The number of aromatic nitrogens is 2. The monoisotopic (exact) mass is 278 g/mol. The van der Waals surface area contributed by atoms with Crippen LogP contribution in [0.2, 0.25) is 5.02 Å². The Bertz CT molecular complexity index is 547. The van der Waals surface area contributed by atoms with Gasteiger partial charge >= 0.3 is 0 Å². The molecule has 100 valence electrons. The molecule has 0 aliphatic rings. The molecule has 0 spiro atoms. The molecule has 1 aromatic heterocycles. The van der Waals surface area contributed by atoms with E-state index in [4.69, 9.17) is 11.6 Å². The van der Waals surface area contributed by atoms with Crippen molar-refractivity contribution in [2.45, 2.75) is 33.1 Å². The summed E-state index contributed by atoms with van der Waals surface area (Å²) >= 11 is 6.20. The molecule has 0 amide bonds. The van der Waals surface area contributed by atoms with Crippen LogP contribution in [-0.4, -0.2) is 9.97 Å². The quantitative estimate of drug-likeness (QED) is 0.830. The van der Waals surface area contributed by atoms with Crippen molar-refractivity contribution in [2.75, 3.05) is 0 Å². The van der Waals surface area contributed by atoms with Crippen molar-refractivity contribution in [1.29, 1.82) is 0 Å². The lowest BCUT2D eigenvalue weighted by Gasteiger charge is -2.18. The van der Waals surface area contributed by atoms with Gasteiger partial charge in [0.25, 0.3) is 0 Å². The summed E-state index contributed by atoms with van der Waals surface area (Å²) in [5.41, 5.74) is 3.35. The molecule has 0 unspecified atom stereocenters. The first kappa shape index (κ1) is 13.9. The van der Waals surface area contributed by atoms with Crippen LogP contribution in [0, 0.1) is 19.7 Å². The second-order valence-electron chi connectivity index (χ2n) is 4.61. The summed E-state index contributed by atoms with van der Waals surface area (Å²) in [7, 11) is 0. The van der Waals surface area contributed by atoms with E-state index < -0.39 is 0 Å². The number of hydrogen-bond donors (Lipinski definition) is 0. The lowest BCUT2D eigenvalue weighted by Crippen LogP contribution is -2.08. The average Bonchev–Trinajstić information content (AvgIpc) is 2.38. The van der Waals surface area contributed by atoms with Crippen LogP contribution in [0.15, 0.2) is 24.4 Å². The van der Waals surface area contributed by atoms with E-state index in [1.165, 1.54) is 12.1 Å². The van der Waals surface area contributed by atoms with Crippen LogP contribution < -0.4 is 0 Å². The fourth-order valence-electron chi connectivity index (χ4n) is 2.23. The van der Waals surface area contributed by atoms with E-state index in [0.29, 0.717) is 5.02 Å². The van der Waals surface area contributed by atoms with Crippen LogP contribution in [0.3, 0.4) is 0 Å². The highest BCUT2D eigenvalue weighted by Crippen LogP contribution is 2.33. The van der Waals surface area contributed by atoms with Crippen molar-refractivity contribution in [3.8, 4) is 0 Å². The van der Waals surface area contributed by atoms with Gasteiger partial charge in [-0.1, -0.05) is 18.5 Å². The van der Waals surface area contributed by atoms with Crippen LogP contribution in [0.25, 0.3) is 0 Å². The van der Waals surface area contributed by atoms with E-state index in [1.54, 1.807) is 12.3 Å². The molecule has 4 heteroatoms. The van der Waals surface area contributed by atoms with E-state index in [-0.39, 0.29) is 11.7 Å². The van der Waals surface area contributed by atoms with Gasteiger partial charge in [-0.2, -0.15) is 0 Å². The fraction of sp³-hybridized carbons (Fsp3) is 0.333. The molecule has 1 atom stereocenters. The number of benzene rings is 1. The third-order valence-corrected chi connectivity index (χ3v) is 3.53. The van der Waals surface area contributed by atoms with Crippen molar-refractivity contribution < 1.29 is 4.39 Å². The molecule has 0 saturated carbocycles. The zero-order valence-corrected chi connectivity index (χ0v) is 12.0. The van der Waals surface area contributed by atoms with Gasteiger partial charge in [-0.25, -0.2) is 4.39 Å².